The van der Waals surface area contributed by atoms with Crippen LogP contribution in [-0.4, -0.2) is 30.7 Å². The maximum Gasteiger partial charge on any atom is 0.230 e. The third-order valence-corrected chi connectivity index (χ3v) is 4.29. The Hall–Kier alpha value is -2.44. The van der Waals surface area contributed by atoms with Crippen LogP contribution < -0.4 is 10.1 Å². The van der Waals surface area contributed by atoms with Gasteiger partial charge in [0.15, 0.2) is 0 Å². The van der Waals surface area contributed by atoms with E-state index in [1.165, 1.54) is 0 Å². The van der Waals surface area contributed by atoms with E-state index >= 15 is 0 Å². The molecule has 140 valence electrons. The van der Waals surface area contributed by atoms with Crippen molar-refractivity contribution in [3.63, 3.8) is 0 Å². The molecule has 2 atom stereocenters. The Morgan fingerprint density at radius 3 is 2.35 bits per heavy atom. The molecule has 0 aliphatic carbocycles. The molecule has 2 aromatic carbocycles. The summed E-state index contributed by atoms with van der Waals surface area (Å²) >= 11 is 0. The van der Waals surface area contributed by atoms with E-state index in [9.17, 15) is 10.1 Å². The van der Waals surface area contributed by atoms with Crippen molar-refractivity contribution in [2.75, 3.05) is 13.7 Å². The van der Waals surface area contributed by atoms with Crippen LogP contribution >= 0.6 is 0 Å². The van der Waals surface area contributed by atoms with E-state index in [1.807, 2.05) is 61.5 Å². The first-order chi connectivity index (χ1) is 12.6. The molecular formula is C20H26N2O4. The number of methoxy groups -OCH3 is 1. The highest BCUT2D eigenvalue weighted by Crippen LogP contribution is 2.12. The maximum atomic E-state index is 11.4. The number of ether oxygens (including phenoxy) is 2. The van der Waals surface area contributed by atoms with Crippen LogP contribution in [0.1, 0.15) is 24.5 Å². The molecule has 0 aromatic heterocycles. The molecule has 26 heavy (non-hydrogen) atoms. The second kappa shape index (κ2) is 10.5. The number of nitro groups is 1. The molecule has 1 N–H and O–H groups in total. The minimum absolute atomic E-state index is 0.225. The SMILES string of the molecule is CCC(C(COCc1ccccc1)NCc1ccc(OC)cc1)[N+](=O)[O-]. The van der Waals surface area contributed by atoms with Crippen LogP contribution in [0.2, 0.25) is 0 Å². The van der Waals surface area contributed by atoms with Crippen LogP contribution in [-0.2, 0) is 17.9 Å². The van der Waals surface area contributed by atoms with Crippen LogP contribution in [0.3, 0.4) is 0 Å². The molecule has 6 nitrogen and oxygen atoms in total. The first kappa shape index (κ1) is 19.9. The van der Waals surface area contributed by atoms with Gasteiger partial charge in [0.25, 0.3) is 0 Å². The molecule has 0 spiro atoms. The normalized spacial score (nSPS) is 13.2. The van der Waals surface area contributed by atoms with Crippen molar-refractivity contribution in [3.8, 4) is 5.75 Å². The largest absolute Gasteiger partial charge is 0.497 e. The number of hydrogen-bond donors (Lipinski definition) is 1. The second-order valence-corrected chi connectivity index (χ2v) is 6.10. The fraction of sp³-hybridized carbons (Fsp3) is 0.400. The third kappa shape index (κ3) is 6.13. The highest BCUT2D eigenvalue weighted by molar-refractivity contribution is 5.27. The highest BCUT2D eigenvalue weighted by Gasteiger charge is 2.29. The molecule has 0 bridgehead atoms. The van der Waals surface area contributed by atoms with Gasteiger partial charge in [-0.25, -0.2) is 0 Å². The second-order valence-electron chi connectivity index (χ2n) is 6.10. The Morgan fingerprint density at radius 2 is 1.77 bits per heavy atom. The molecule has 0 saturated heterocycles. The monoisotopic (exact) mass is 358 g/mol. The quantitative estimate of drug-likeness (QED) is 0.492. The van der Waals surface area contributed by atoms with Gasteiger partial charge in [0, 0.05) is 17.9 Å². The Kier molecular flexibility index (Phi) is 8.05. The topological polar surface area (TPSA) is 73.6 Å². The molecule has 0 aliphatic heterocycles. The van der Waals surface area contributed by atoms with Crippen molar-refractivity contribution >= 4 is 0 Å². The van der Waals surface area contributed by atoms with Crippen molar-refractivity contribution in [2.45, 2.75) is 38.6 Å². The van der Waals surface area contributed by atoms with Crippen molar-refractivity contribution < 1.29 is 14.4 Å². The number of nitrogens with one attached hydrogen (secondary N) is 1. The molecule has 2 rings (SSSR count). The van der Waals surface area contributed by atoms with Gasteiger partial charge in [0.1, 0.15) is 5.75 Å². The molecule has 6 heteroatoms. The van der Waals surface area contributed by atoms with Crippen LogP contribution in [0.5, 0.6) is 5.75 Å². The standard InChI is InChI=1S/C20H26N2O4/c1-3-20(22(23)24)19(15-26-14-17-7-5-4-6-8-17)21-13-16-9-11-18(25-2)12-10-16/h4-12,19-21H,3,13-15H2,1-2H3. The molecule has 2 unspecified atom stereocenters. The zero-order valence-corrected chi connectivity index (χ0v) is 15.3. The van der Waals surface area contributed by atoms with Crippen molar-refractivity contribution in [1.82, 2.24) is 5.32 Å². The minimum atomic E-state index is -0.691. The van der Waals surface area contributed by atoms with E-state index in [1.54, 1.807) is 7.11 Å². The van der Waals surface area contributed by atoms with Gasteiger partial charge in [0.2, 0.25) is 6.04 Å². The highest BCUT2D eigenvalue weighted by atomic mass is 16.6. The first-order valence-corrected chi connectivity index (χ1v) is 8.75. The smallest absolute Gasteiger partial charge is 0.230 e. The Bertz CT molecular complexity index is 661. The minimum Gasteiger partial charge on any atom is -0.497 e. The van der Waals surface area contributed by atoms with Crippen LogP contribution in [0.25, 0.3) is 0 Å². The molecule has 2 aromatic rings. The van der Waals surface area contributed by atoms with Crippen LogP contribution in [0.4, 0.5) is 0 Å². The van der Waals surface area contributed by atoms with Crippen LogP contribution in [0.15, 0.2) is 54.6 Å². The molecule has 0 aliphatic rings. The van der Waals surface area contributed by atoms with Crippen molar-refractivity contribution in [2.24, 2.45) is 0 Å². The Labute approximate surface area is 154 Å². The summed E-state index contributed by atoms with van der Waals surface area (Å²) in [5, 5.41) is 14.7. The first-order valence-electron chi connectivity index (χ1n) is 8.75. The summed E-state index contributed by atoms with van der Waals surface area (Å²) < 4.78 is 10.9. The number of benzene rings is 2. The molecule has 0 heterocycles. The average molecular weight is 358 g/mol. The zero-order valence-electron chi connectivity index (χ0n) is 15.3. The number of rotatable bonds is 11. The number of nitrogens with zero attached hydrogens (tertiary/aromatic N) is 1. The third-order valence-electron chi connectivity index (χ3n) is 4.29. The van der Waals surface area contributed by atoms with Gasteiger partial charge in [-0.1, -0.05) is 49.4 Å². The average Bonchev–Trinajstić information content (AvgIpc) is 2.67. The summed E-state index contributed by atoms with van der Waals surface area (Å²) in [6.07, 6.45) is 0.446. The van der Waals surface area contributed by atoms with Crippen molar-refractivity contribution in [3.05, 3.63) is 75.8 Å². The molecule has 0 amide bonds. The predicted molar refractivity (Wildman–Crippen MR) is 101 cm³/mol. The van der Waals surface area contributed by atoms with E-state index in [0.717, 1.165) is 16.9 Å². The van der Waals surface area contributed by atoms with Gasteiger partial charge >= 0.3 is 0 Å². The van der Waals surface area contributed by atoms with E-state index in [2.05, 4.69) is 5.32 Å². The van der Waals surface area contributed by atoms with E-state index in [0.29, 0.717) is 19.6 Å². The van der Waals surface area contributed by atoms with Gasteiger partial charge in [-0.05, 0) is 23.3 Å². The van der Waals surface area contributed by atoms with E-state index in [4.69, 9.17) is 9.47 Å². The molecule has 0 saturated carbocycles. The summed E-state index contributed by atoms with van der Waals surface area (Å²) in [5.74, 6) is 0.785. The van der Waals surface area contributed by atoms with Gasteiger partial charge in [0.05, 0.1) is 26.4 Å². The van der Waals surface area contributed by atoms with Crippen LogP contribution in [0, 0.1) is 10.1 Å². The van der Waals surface area contributed by atoms with Gasteiger partial charge in [-0.3, -0.25) is 10.1 Å². The summed E-state index contributed by atoms with van der Waals surface area (Å²) in [7, 11) is 1.62. The summed E-state index contributed by atoms with van der Waals surface area (Å²) in [4.78, 5) is 11.2. The lowest BCUT2D eigenvalue weighted by molar-refractivity contribution is -0.528. The molecule has 0 radical (unpaired) electrons. The fourth-order valence-corrected chi connectivity index (χ4v) is 2.76. The molecular weight excluding hydrogens is 332 g/mol. The van der Waals surface area contributed by atoms with E-state index in [-0.39, 0.29) is 17.6 Å². The summed E-state index contributed by atoms with van der Waals surface area (Å²) in [6, 6.07) is 16.4. The summed E-state index contributed by atoms with van der Waals surface area (Å²) in [6.45, 7) is 3.08. The number of hydrogen-bond acceptors (Lipinski definition) is 5. The molecule has 0 fully saturated rings. The fourth-order valence-electron chi connectivity index (χ4n) is 2.76. The lowest BCUT2D eigenvalue weighted by Crippen LogP contribution is -2.46. The van der Waals surface area contributed by atoms with Gasteiger partial charge < -0.3 is 14.8 Å². The van der Waals surface area contributed by atoms with E-state index < -0.39 is 6.04 Å². The zero-order chi connectivity index (χ0) is 18.8. The van der Waals surface area contributed by atoms with Crippen molar-refractivity contribution in [1.29, 1.82) is 0 Å². The summed E-state index contributed by atoms with van der Waals surface area (Å²) in [5.41, 5.74) is 2.09. The lowest BCUT2D eigenvalue weighted by Gasteiger charge is -2.22. The Morgan fingerprint density at radius 1 is 1.08 bits per heavy atom. The van der Waals surface area contributed by atoms with Gasteiger partial charge in [-0.2, -0.15) is 0 Å². The lowest BCUT2D eigenvalue weighted by atomic mass is 10.1. The van der Waals surface area contributed by atoms with Gasteiger partial charge in [-0.15, -0.1) is 0 Å². The Balaban J connectivity index is 1.94. The maximum absolute atomic E-state index is 11.4. The predicted octanol–water partition coefficient (Wildman–Crippen LogP) is 3.43.